The minimum Gasteiger partial charge on any atom is -0.506 e. The standard InChI is InChI=1S/C11H9Br2N3OS/c1-6-5-18-11(15-6)16-14-4-7-2-8(12)10(17)9(13)3-7/h2-5,17H,1H3,(H,15,16)/b14-4-. The molecule has 2 rings (SSSR count). The van der Waals surface area contributed by atoms with Crippen molar-refractivity contribution in [3.8, 4) is 5.75 Å². The minimum atomic E-state index is 0.177. The smallest absolute Gasteiger partial charge is 0.203 e. The molecule has 0 fully saturated rings. The topological polar surface area (TPSA) is 57.5 Å². The van der Waals surface area contributed by atoms with Gasteiger partial charge in [0.15, 0.2) is 0 Å². The number of aromatic nitrogens is 1. The molecule has 0 aliphatic rings. The molecule has 0 bridgehead atoms. The molecule has 0 saturated heterocycles. The molecular weight excluding hydrogens is 382 g/mol. The van der Waals surface area contributed by atoms with Crippen LogP contribution in [0.2, 0.25) is 0 Å². The number of nitrogens with zero attached hydrogens (tertiary/aromatic N) is 2. The number of aromatic hydroxyl groups is 1. The normalized spacial score (nSPS) is 11.1. The highest BCUT2D eigenvalue weighted by atomic mass is 79.9. The average molecular weight is 391 g/mol. The Morgan fingerprint density at radius 2 is 2.06 bits per heavy atom. The summed E-state index contributed by atoms with van der Waals surface area (Å²) in [6.07, 6.45) is 1.66. The molecule has 0 aliphatic carbocycles. The Hall–Kier alpha value is -0.920. The number of aryl methyl sites for hydroxylation is 1. The summed E-state index contributed by atoms with van der Waals surface area (Å²) in [6.45, 7) is 1.93. The van der Waals surface area contributed by atoms with Crippen LogP contribution < -0.4 is 5.43 Å². The van der Waals surface area contributed by atoms with Crippen molar-refractivity contribution in [1.29, 1.82) is 0 Å². The summed E-state index contributed by atoms with van der Waals surface area (Å²) in [4.78, 5) is 4.23. The number of nitrogens with one attached hydrogen (secondary N) is 1. The van der Waals surface area contributed by atoms with Gasteiger partial charge in [-0.05, 0) is 56.5 Å². The Kier molecular flexibility index (Phi) is 4.36. The maximum absolute atomic E-state index is 9.57. The fourth-order valence-electron chi connectivity index (χ4n) is 1.23. The second-order valence-corrected chi connectivity index (χ2v) is 6.06. The first-order valence-corrected chi connectivity index (χ1v) is 7.42. The van der Waals surface area contributed by atoms with Gasteiger partial charge in [-0.15, -0.1) is 11.3 Å². The molecule has 7 heteroatoms. The zero-order valence-electron chi connectivity index (χ0n) is 9.32. The zero-order chi connectivity index (χ0) is 13.1. The molecule has 2 N–H and O–H groups in total. The van der Waals surface area contributed by atoms with Crippen molar-refractivity contribution in [2.45, 2.75) is 6.92 Å². The first kappa shape index (κ1) is 13.5. The van der Waals surface area contributed by atoms with Crippen molar-refractivity contribution in [3.05, 3.63) is 37.7 Å². The fraction of sp³-hybridized carbons (Fsp3) is 0.0909. The van der Waals surface area contributed by atoms with E-state index in [4.69, 9.17) is 0 Å². The number of benzene rings is 1. The quantitative estimate of drug-likeness (QED) is 0.611. The maximum Gasteiger partial charge on any atom is 0.203 e. The molecule has 1 aromatic heterocycles. The first-order valence-electron chi connectivity index (χ1n) is 4.95. The molecule has 0 amide bonds. The lowest BCUT2D eigenvalue weighted by atomic mass is 10.2. The van der Waals surface area contributed by atoms with Crippen molar-refractivity contribution < 1.29 is 5.11 Å². The molecule has 1 heterocycles. The van der Waals surface area contributed by atoms with Gasteiger partial charge in [0.25, 0.3) is 0 Å². The first-order chi connectivity index (χ1) is 8.56. The van der Waals surface area contributed by atoms with Gasteiger partial charge in [0, 0.05) is 5.38 Å². The third kappa shape index (κ3) is 3.30. The van der Waals surface area contributed by atoms with Crippen LogP contribution in [0.25, 0.3) is 0 Å². The van der Waals surface area contributed by atoms with E-state index in [1.165, 1.54) is 11.3 Å². The molecule has 94 valence electrons. The van der Waals surface area contributed by atoms with Crippen molar-refractivity contribution in [2.75, 3.05) is 5.43 Å². The van der Waals surface area contributed by atoms with E-state index in [0.29, 0.717) is 8.95 Å². The Morgan fingerprint density at radius 1 is 1.39 bits per heavy atom. The Balaban J connectivity index is 2.09. The predicted molar refractivity (Wildman–Crippen MR) is 81.6 cm³/mol. The highest BCUT2D eigenvalue weighted by Crippen LogP contribution is 2.32. The Morgan fingerprint density at radius 3 is 2.61 bits per heavy atom. The fourth-order valence-corrected chi connectivity index (χ4v) is 3.09. The van der Waals surface area contributed by atoms with Gasteiger partial charge in [-0.1, -0.05) is 0 Å². The number of hydrogen-bond donors (Lipinski definition) is 2. The van der Waals surface area contributed by atoms with E-state index in [0.717, 1.165) is 16.4 Å². The summed E-state index contributed by atoms with van der Waals surface area (Å²) in [6, 6.07) is 3.55. The summed E-state index contributed by atoms with van der Waals surface area (Å²) in [5.74, 6) is 0.177. The lowest BCUT2D eigenvalue weighted by Gasteiger charge is -2.01. The van der Waals surface area contributed by atoms with Crippen LogP contribution in [0.4, 0.5) is 5.13 Å². The number of phenols is 1. The summed E-state index contributed by atoms with van der Waals surface area (Å²) >= 11 is 8.03. The van der Waals surface area contributed by atoms with E-state index in [1.54, 1.807) is 18.3 Å². The second-order valence-electron chi connectivity index (χ2n) is 3.50. The van der Waals surface area contributed by atoms with Crippen molar-refractivity contribution >= 4 is 54.5 Å². The van der Waals surface area contributed by atoms with Crippen LogP contribution in [0, 0.1) is 6.92 Å². The number of hydrazone groups is 1. The summed E-state index contributed by atoms with van der Waals surface area (Å²) in [5.41, 5.74) is 4.67. The SMILES string of the molecule is Cc1csc(N/N=C\c2cc(Br)c(O)c(Br)c2)n1. The molecule has 0 aliphatic heterocycles. The molecular formula is C11H9Br2N3OS. The van der Waals surface area contributed by atoms with Gasteiger partial charge in [-0.3, -0.25) is 5.43 Å². The number of rotatable bonds is 3. The van der Waals surface area contributed by atoms with Gasteiger partial charge in [0.05, 0.1) is 20.9 Å². The van der Waals surface area contributed by atoms with Gasteiger partial charge < -0.3 is 5.11 Å². The molecule has 0 saturated carbocycles. The minimum absolute atomic E-state index is 0.177. The third-order valence-corrected chi connectivity index (χ3v) is 4.11. The van der Waals surface area contributed by atoms with E-state index >= 15 is 0 Å². The van der Waals surface area contributed by atoms with Crippen molar-refractivity contribution in [1.82, 2.24) is 4.98 Å². The molecule has 0 unspecified atom stereocenters. The van der Waals surface area contributed by atoms with Crippen LogP contribution in [0.3, 0.4) is 0 Å². The van der Waals surface area contributed by atoms with Crippen molar-refractivity contribution in [2.24, 2.45) is 5.10 Å². The highest BCUT2D eigenvalue weighted by Gasteiger charge is 2.04. The van der Waals surface area contributed by atoms with Gasteiger partial charge in [-0.25, -0.2) is 4.98 Å². The molecule has 0 radical (unpaired) electrons. The van der Waals surface area contributed by atoms with E-state index in [-0.39, 0.29) is 5.75 Å². The van der Waals surface area contributed by atoms with E-state index < -0.39 is 0 Å². The lowest BCUT2D eigenvalue weighted by molar-refractivity contribution is 0.468. The molecule has 2 aromatic rings. The molecule has 0 atom stereocenters. The van der Waals surface area contributed by atoms with Crippen LogP contribution in [0.5, 0.6) is 5.75 Å². The molecule has 0 spiro atoms. The second kappa shape index (κ2) is 5.81. The zero-order valence-corrected chi connectivity index (χ0v) is 13.3. The monoisotopic (exact) mass is 389 g/mol. The Bertz CT molecular complexity index is 575. The summed E-state index contributed by atoms with van der Waals surface area (Å²) in [7, 11) is 0. The summed E-state index contributed by atoms with van der Waals surface area (Å²) in [5, 5.41) is 16.4. The van der Waals surface area contributed by atoms with E-state index in [2.05, 4.69) is 47.4 Å². The number of anilines is 1. The molecule has 1 aromatic carbocycles. The predicted octanol–water partition coefficient (Wildman–Crippen LogP) is 4.13. The molecule has 4 nitrogen and oxygen atoms in total. The molecule has 18 heavy (non-hydrogen) atoms. The third-order valence-electron chi connectivity index (χ3n) is 2.03. The number of phenolic OH excluding ortho intramolecular Hbond substituents is 1. The summed E-state index contributed by atoms with van der Waals surface area (Å²) < 4.78 is 1.23. The van der Waals surface area contributed by atoms with Crippen LogP contribution >= 0.6 is 43.2 Å². The maximum atomic E-state index is 9.57. The van der Waals surface area contributed by atoms with Crippen LogP contribution in [-0.2, 0) is 0 Å². The van der Waals surface area contributed by atoms with Gasteiger partial charge in [-0.2, -0.15) is 5.10 Å². The average Bonchev–Trinajstić information content (AvgIpc) is 2.72. The highest BCUT2D eigenvalue weighted by molar-refractivity contribution is 9.11. The lowest BCUT2D eigenvalue weighted by Crippen LogP contribution is -1.90. The Labute approximate surface area is 125 Å². The number of halogens is 2. The van der Waals surface area contributed by atoms with Crippen LogP contribution in [0.1, 0.15) is 11.3 Å². The van der Waals surface area contributed by atoms with Crippen LogP contribution in [0.15, 0.2) is 31.6 Å². The largest absolute Gasteiger partial charge is 0.506 e. The number of thiazole rings is 1. The van der Waals surface area contributed by atoms with Gasteiger partial charge >= 0.3 is 0 Å². The number of hydrogen-bond acceptors (Lipinski definition) is 5. The van der Waals surface area contributed by atoms with Gasteiger partial charge in [0.2, 0.25) is 5.13 Å². The van der Waals surface area contributed by atoms with Gasteiger partial charge in [0.1, 0.15) is 5.75 Å². The van der Waals surface area contributed by atoms with Crippen molar-refractivity contribution in [3.63, 3.8) is 0 Å². The van der Waals surface area contributed by atoms with E-state index in [9.17, 15) is 5.11 Å². The van der Waals surface area contributed by atoms with E-state index in [1.807, 2.05) is 12.3 Å². The van der Waals surface area contributed by atoms with Crippen LogP contribution in [-0.4, -0.2) is 16.3 Å².